The maximum Gasteiger partial charge on any atom is 0.418 e. The third-order valence-electron chi connectivity index (χ3n) is 2.03. The molecule has 0 aliphatic heterocycles. The zero-order valence-electron chi connectivity index (χ0n) is 8.17. The third-order valence-corrected chi connectivity index (χ3v) is 2.03. The smallest absolute Gasteiger partial charge is 0.379 e. The molecule has 1 atom stereocenters. The minimum atomic E-state index is -4.65. The van der Waals surface area contributed by atoms with Crippen LogP contribution in [0.4, 0.5) is 13.2 Å². The van der Waals surface area contributed by atoms with Crippen LogP contribution in [0.5, 0.6) is 0 Å². The molecule has 1 nitrogen and oxygen atoms in total. The molecule has 1 rings (SSSR count). The van der Waals surface area contributed by atoms with Crippen LogP contribution in [0, 0.1) is 0 Å². The van der Waals surface area contributed by atoms with Crippen LogP contribution in [0.2, 0.25) is 0 Å². The van der Waals surface area contributed by atoms with Crippen LogP contribution in [0.3, 0.4) is 0 Å². The van der Waals surface area contributed by atoms with Gasteiger partial charge >= 0.3 is 6.18 Å². The Morgan fingerprint density at radius 1 is 1.33 bits per heavy atom. The average molecular weight is 216 g/mol. The standard InChI is InChI=1S/C11H11F3O/c1-7(2)8-5-3-4-6-9(8)10(15)11(12,13)14/h3-6,10,15H,1H2,2H3. The Hall–Kier alpha value is -1.29. The summed E-state index contributed by atoms with van der Waals surface area (Å²) in [5, 5.41) is 9.12. The predicted octanol–water partition coefficient (Wildman–Crippen LogP) is 3.32. The summed E-state index contributed by atoms with van der Waals surface area (Å²) in [7, 11) is 0. The molecule has 1 unspecified atom stereocenters. The summed E-state index contributed by atoms with van der Waals surface area (Å²) < 4.78 is 36.9. The Balaban J connectivity index is 3.19. The molecule has 0 aliphatic carbocycles. The van der Waals surface area contributed by atoms with Gasteiger partial charge in [0.05, 0.1) is 0 Å². The van der Waals surface area contributed by atoms with E-state index in [1.165, 1.54) is 18.2 Å². The summed E-state index contributed by atoms with van der Waals surface area (Å²) in [5.41, 5.74) is 0.675. The van der Waals surface area contributed by atoms with Crippen LogP contribution in [-0.4, -0.2) is 11.3 Å². The van der Waals surface area contributed by atoms with Crippen LogP contribution >= 0.6 is 0 Å². The first kappa shape index (κ1) is 11.8. The number of rotatable bonds is 2. The van der Waals surface area contributed by atoms with E-state index in [1.807, 2.05) is 0 Å². The molecule has 1 N–H and O–H groups in total. The Morgan fingerprint density at radius 3 is 2.33 bits per heavy atom. The van der Waals surface area contributed by atoms with Crippen molar-refractivity contribution in [1.82, 2.24) is 0 Å². The van der Waals surface area contributed by atoms with Crippen LogP contribution < -0.4 is 0 Å². The number of hydrogen-bond donors (Lipinski definition) is 1. The molecule has 0 aliphatic rings. The molecule has 82 valence electrons. The maximum absolute atomic E-state index is 12.3. The summed E-state index contributed by atoms with van der Waals surface area (Å²) in [6, 6.07) is 5.82. The second-order valence-corrected chi connectivity index (χ2v) is 3.31. The van der Waals surface area contributed by atoms with Crippen molar-refractivity contribution in [1.29, 1.82) is 0 Å². The Morgan fingerprint density at radius 2 is 1.87 bits per heavy atom. The van der Waals surface area contributed by atoms with E-state index in [2.05, 4.69) is 6.58 Å². The second-order valence-electron chi connectivity index (χ2n) is 3.31. The molecule has 1 aromatic rings. The van der Waals surface area contributed by atoms with Gasteiger partial charge in [-0.05, 0) is 18.1 Å². The lowest BCUT2D eigenvalue weighted by Gasteiger charge is -2.18. The van der Waals surface area contributed by atoms with E-state index in [4.69, 9.17) is 5.11 Å². The van der Waals surface area contributed by atoms with E-state index in [0.717, 1.165) is 0 Å². The van der Waals surface area contributed by atoms with Crippen LogP contribution in [0.15, 0.2) is 30.8 Å². The van der Waals surface area contributed by atoms with Gasteiger partial charge in [0.25, 0.3) is 0 Å². The van der Waals surface area contributed by atoms with Crippen LogP contribution in [0.1, 0.15) is 24.2 Å². The number of halogens is 3. The molecule has 0 bridgehead atoms. The number of aliphatic hydroxyl groups excluding tert-OH is 1. The Labute approximate surface area is 85.9 Å². The summed E-state index contributed by atoms with van der Waals surface area (Å²) in [4.78, 5) is 0. The molecule has 0 fully saturated rings. The van der Waals surface area contributed by atoms with E-state index in [0.29, 0.717) is 11.1 Å². The first-order valence-electron chi connectivity index (χ1n) is 4.33. The van der Waals surface area contributed by atoms with Crippen molar-refractivity contribution >= 4 is 5.57 Å². The van der Waals surface area contributed by atoms with Gasteiger partial charge in [-0.15, -0.1) is 0 Å². The highest BCUT2D eigenvalue weighted by Gasteiger charge is 2.40. The van der Waals surface area contributed by atoms with Gasteiger partial charge < -0.3 is 5.11 Å². The molecular formula is C11H11F3O. The van der Waals surface area contributed by atoms with E-state index < -0.39 is 12.3 Å². The number of allylic oxidation sites excluding steroid dienone is 1. The summed E-state index contributed by atoms with van der Waals surface area (Å²) in [5.74, 6) is 0. The van der Waals surface area contributed by atoms with Gasteiger partial charge in [0.1, 0.15) is 0 Å². The fourth-order valence-corrected chi connectivity index (χ4v) is 1.30. The monoisotopic (exact) mass is 216 g/mol. The van der Waals surface area contributed by atoms with E-state index in [1.54, 1.807) is 13.0 Å². The highest BCUT2D eigenvalue weighted by molar-refractivity contribution is 5.64. The number of aliphatic hydroxyl groups is 1. The largest absolute Gasteiger partial charge is 0.418 e. The molecule has 0 saturated heterocycles. The Kier molecular flexibility index (Phi) is 3.19. The zero-order chi connectivity index (χ0) is 11.6. The van der Waals surface area contributed by atoms with E-state index in [9.17, 15) is 13.2 Å². The third kappa shape index (κ3) is 2.59. The SMILES string of the molecule is C=C(C)c1ccccc1C(O)C(F)(F)F. The van der Waals surface area contributed by atoms with Gasteiger partial charge in [0.15, 0.2) is 6.10 Å². The summed E-state index contributed by atoms with van der Waals surface area (Å²) in [6.07, 6.45) is -7.10. The van der Waals surface area contributed by atoms with Crippen molar-refractivity contribution in [2.45, 2.75) is 19.2 Å². The molecule has 0 saturated carbocycles. The molecular weight excluding hydrogens is 205 g/mol. The molecule has 0 spiro atoms. The van der Waals surface area contributed by atoms with Gasteiger partial charge in [0, 0.05) is 0 Å². The van der Waals surface area contributed by atoms with Crippen molar-refractivity contribution in [3.63, 3.8) is 0 Å². The number of alkyl halides is 3. The van der Waals surface area contributed by atoms with Gasteiger partial charge in [-0.25, -0.2) is 0 Å². The minimum Gasteiger partial charge on any atom is -0.379 e. The first-order valence-corrected chi connectivity index (χ1v) is 4.33. The maximum atomic E-state index is 12.3. The summed E-state index contributed by atoms with van der Waals surface area (Å²) in [6.45, 7) is 5.17. The Bertz CT molecular complexity index is 368. The quantitative estimate of drug-likeness (QED) is 0.804. The van der Waals surface area contributed by atoms with Crippen molar-refractivity contribution in [3.05, 3.63) is 42.0 Å². The van der Waals surface area contributed by atoms with Crippen molar-refractivity contribution < 1.29 is 18.3 Å². The lowest BCUT2D eigenvalue weighted by atomic mass is 9.98. The second kappa shape index (κ2) is 4.06. The number of benzene rings is 1. The predicted molar refractivity (Wildman–Crippen MR) is 52.2 cm³/mol. The van der Waals surface area contributed by atoms with Crippen molar-refractivity contribution in [2.24, 2.45) is 0 Å². The number of hydrogen-bond acceptors (Lipinski definition) is 1. The van der Waals surface area contributed by atoms with Crippen molar-refractivity contribution in [3.8, 4) is 0 Å². The van der Waals surface area contributed by atoms with Gasteiger partial charge in [-0.2, -0.15) is 13.2 Å². The lowest BCUT2D eigenvalue weighted by Crippen LogP contribution is -2.21. The lowest BCUT2D eigenvalue weighted by molar-refractivity contribution is -0.206. The van der Waals surface area contributed by atoms with Crippen LogP contribution in [0.25, 0.3) is 5.57 Å². The van der Waals surface area contributed by atoms with E-state index in [-0.39, 0.29) is 5.56 Å². The highest BCUT2D eigenvalue weighted by Crippen LogP contribution is 2.35. The van der Waals surface area contributed by atoms with Gasteiger partial charge in [-0.1, -0.05) is 36.4 Å². The average Bonchev–Trinajstić information content (AvgIpc) is 2.15. The van der Waals surface area contributed by atoms with E-state index >= 15 is 0 Å². The zero-order valence-corrected chi connectivity index (χ0v) is 8.17. The highest BCUT2D eigenvalue weighted by atomic mass is 19.4. The normalized spacial score (nSPS) is 13.7. The summed E-state index contributed by atoms with van der Waals surface area (Å²) >= 11 is 0. The fraction of sp³-hybridized carbons (Fsp3) is 0.273. The first-order chi connectivity index (χ1) is 6.84. The molecule has 0 amide bonds. The molecule has 15 heavy (non-hydrogen) atoms. The molecule has 0 heterocycles. The van der Waals surface area contributed by atoms with Gasteiger partial charge in [0.2, 0.25) is 0 Å². The molecule has 0 radical (unpaired) electrons. The molecule has 1 aromatic carbocycles. The minimum absolute atomic E-state index is 0.155. The van der Waals surface area contributed by atoms with Crippen molar-refractivity contribution in [2.75, 3.05) is 0 Å². The van der Waals surface area contributed by atoms with Gasteiger partial charge in [-0.3, -0.25) is 0 Å². The fourth-order valence-electron chi connectivity index (χ4n) is 1.30. The molecule has 0 aromatic heterocycles. The van der Waals surface area contributed by atoms with Crippen LogP contribution in [-0.2, 0) is 0 Å². The topological polar surface area (TPSA) is 20.2 Å². The molecule has 4 heteroatoms.